The van der Waals surface area contributed by atoms with Crippen LogP contribution in [-0.2, 0) is 4.74 Å². The lowest BCUT2D eigenvalue weighted by molar-refractivity contribution is 0.0526. The SMILES string of the molecule is CCOC(=O)c1ccc(-n2nc(C)c(Br)c2C)c(N)c1. The Balaban J connectivity index is 2.44. The molecule has 0 aliphatic heterocycles. The van der Waals surface area contributed by atoms with Crippen LogP contribution in [0.15, 0.2) is 22.7 Å². The standard InChI is InChI=1S/C14H16BrN3O2/c1-4-20-14(19)10-5-6-12(11(16)7-10)18-9(3)13(15)8(2)17-18/h5-7H,4,16H2,1-3H3. The summed E-state index contributed by atoms with van der Waals surface area (Å²) in [6.45, 7) is 5.97. The highest BCUT2D eigenvalue weighted by Gasteiger charge is 2.14. The van der Waals surface area contributed by atoms with Crippen molar-refractivity contribution in [1.29, 1.82) is 0 Å². The Kier molecular flexibility index (Phi) is 4.13. The summed E-state index contributed by atoms with van der Waals surface area (Å²) in [5.41, 5.74) is 9.53. The number of ether oxygens (including phenoxy) is 1. The van der Waals surface area contributed by atoms with E-state index in [1.807, 2.05) is 13.8 Å². The van der Waals surface area contributed by atoms with Crippen molar-refractivity contribution in [3.05, 3.63) is 39.6 Å². The van der Waals surface area contributed by atoms with Gasteiger partial charge in [0.1, 0.15) is 0 Å². The number of rotatable bonds is 3. The summed E-state index contributed by atoms with van der Waals surface area (Å²) >= 11 is 3.48. The zero-order valence-corrected chi connectivity index (χ0v) is 13.2. The highest BCUT2D eigenvalue weighted by Crippen LogP contribution is 2.26. The van der Waals surface area contributed by atoms with E-state index in [9.17, 15) is 4.79 Å². The summed E-state index contributed by atoms with van der Waals surface area (Å²) in [7, 11) is 0. The molecule has 0 aliphatic rings. The van der Waals surface area contributed by atoms with E-state index in [-0.39, 0.29) is 5.97 Å². The van der Waals surface area contributed by atoms with Crippen molar-refractivity contribution in [2.45, 2.75) is 20.8 Å². The highest BCUT2D eigenvalue weighted by molar-refractivity contribution is 9.10. The van der Waals surface area contributed by atoms with Gasteiger partial charge < -0.3 is 10.5 Å². The molecule has 0 saturated carbocycles. The van der Waals surface area contributed by atoms with Crippen molar-refractivity contribution >= 4 is 27.6 Å². The molecule has 0 amide bonds. The maximum atomic E-state index is 11.7. The van der Waals surface area contributed by atoms with Crippen molar-refractivity contribution in [3.8, 4) is 5.69 Å². The molecule has 0 bridgehead atoms. The van der Waals surface area contributed by atoms with Crippen LogP contribution < -0.4 is 5.73 Å². The maximum absolute atomic E-state index is 11.7. The summed E-state index contributed by atoms with van der Waals surface area (Å²) in [5, 5.41) is 4.43. The summed E-state index contributed by atoms with van der Waals surface area (Å²) in [5.74, 6) is -0.375. The number of benzene rings is 1. The summed E-state index contributed by atoms with van der Waals surface area (Å²) in [6, 6.07) is 5.07. The molecule has 0 radical (unpaired) electrons. The van der Waals surface area contributed by atoms with Crippen LogP contribution in [0, 0.1) is 13.8 Å². The normalized spacial score (nSPS) is 10.6. The molecule has 2 rings (SSSR count). The van der Waals surface area contributed by atoms with E-state index in [1.54, 1.807) is 29.8 Å². The summed E-state index contributed by atoms with van der Waals surface area (Å²) in [6.07, 6.45) is 0. The predicted molar refractivity (Wildman–Crippen MR) is 81.1 cm³/mol. The van der Waals surface area contributed by atoms with Gasteiger partial charge in [0, 0.05) is 0 Å². The molecule has 1 aromatic carbocycles. The third-order valence-corrected chi connectivity index (χ3v) is 4.12. The maximum Gasteiger partial charge on any atom is 0.338 e. The minimum absolute atomic E-state index is 0.338. The lowest BCUT2D eigenvalue weighted by Gasteiger charge is -2.09. The van der Waals surface area contributed by atoms with Crippen LogP contribution in [0.3, 0.4) is 0 Å². The van der Waals surface area contributed by atoms with Crippen molar-refractivity contribution in [2.24, 2.45) is 0 Å². The fourth-order valence-corrected chi connectivity index (χ4v) is 2.19. The average molecular weight is 338 g/mol. The number of hydrogen-bond acceptors (Lipinski definition) is 4. The third-order valence-electron chi connectivity index (χ3n) is 2.97. The molecule has 0 aliphatic carbocycles. The lowest BCUT2D eigenvalue weighted by Crippen LogP contribution is -2.08. The summed E-state index contributed by atoms with van der Waals surface area (Å²) in [4.78, 5) is 11.7. The average Bonchev–Trinajstić information content (AvgIpc) is 2.66. The fourth-order valence-electron chi connectivity index (χ4n) is 1.95. The molecule has 5 nitrogen and oxygen atoms in total. The molecule has 2 N–H and O–H groups in total. The molecular formula is C14H16BrN3O2. The fraction of sp³-hybridized carbons (Fsp3) is 0.286. The van der Waals surface area contributed by atoms with Gasteiger partial charge >= 0.3 is 5.97 Å². The third kappa shape index (κ3) is 2.56. The second kappa shape index (κ2) is 5.66. The zero-order valence-electron chi connectivity index (χ0n) is 11.6. The van der Waals surface area contributed by atoms with Crippen LogP contribution in [0.1, 0.15) is 28.7 Å². The number of esters is 1. The summed E-state index contributed by atoms with van der Waals surface area (Å²) < 4.78 is 7.66. The molecule has 1 heterocycles. The monoisotopic (exact) mass is 337 g/mol. The van der Waals surface area contributed by atoms with Crippen LogP contribution in [-0.4, -0.2) is 22.4 Å². The van der Waals surface area contributed by atoms with Crippen LogP contribution in [0.25, 0.3) is 5.69 Å². The molecule has 20 heavy (non-hydrogen) atoms. The Bertz CT molecular complexity index is 665. The van der Waals surface area contributed by atoms with E-state index in [1.165, 1.54) is 0 Å². The van der Waals surface area contributed by atoms with Crippen LogP contribution in [0.5, 0.6) is 0 Å². The molecule has 106 valence electrons. The van der Waals surface area contributed by atoms with Gasteiger partial charge in [0.05, 0.1) is 39.4 Å². The van der Waals surface area contributed by atoms with Crippen molar-refractivity contribution in [2.75, 3.05) is 12.3 Å². The van der Waals surface area contributed by atoms with Crippen LogP contribution >= 0.6 is 15.9 Å². The van der Waals surface area contributed by atoms with E-state index in [0.717, 1.165) is 21.5 Å². The minimum atomic E-state index is -0.375. The zero-order chi connectivity index (χ0) is 14.9. The smallest absolute Gasteiger partial charge is 0.338 e. The van der Waals surface area contributed by atoms with E-state index in [2.05, 4.69) is 21.0 Å². The quantitative estimate of drug-likeness (QED) is 0.690. The first-order valence-corrected chi connectivity index (χ1v) is 7.03. The van der Waals surface area contributed by atoms with Crippen molar-refractivity contribution in [1.82, 2.24) is 9.78 Å². The van der Waals surface area contributed by atoms with Gasteiger partial charge in [-0.05, 0) is 54.9 Å². The number of aryl methyl sites for hydroxylation is 1. The number of nitrogens with zero attached hydrogens (tertiary/aromatic N) is 2. The van der Waals surface area contributed by atoms with Gasteiger partial charge in [-0.2, -0.15) is 5.10 Å². The molecule has 6 heteroatoms. The van der Waals surface area contributed by atoms with Gasteiger partial charge in [-0.15, -0.1) is 0 Å². The number of anilines is 1. The number of carbonyl (C=O) groups is 1. The first-order chi connectivity index (χ1) is 9.45. The molecule has 0 saturated heterocycles. The van der Waals surface area contributed by atoms with E-state index in [0.29, 0.717) is 17.9 Å². The van der Waals surface area contributed by atoms with Gasteiger partial charge in [-0.25, -0.2) is 9.48 Å². The van der Waals surface area contributed by atoms with Crippen molar-refractivity contribution in [3.63, 3.8) is 0 Å². The highest BCUT2D eigenvalue weighted by atomic mass is 79.9. The van der Waals surface area contributed by atoms with Gasteiger partial charge in [0.15, 0.2) is 0 Å². The second-order valence-electron chi connectivity index (χ2n) is 4.39. The van der Waals surface area contributed by atoms with E-state index in [4.69, 9.17) is 10.5 Å². The van der Waals surface area contributed by atoms with E-state index < -0.39 is 0 Å². The molecular weight excluding hydrogens is 322 g/mol. The number of carbonyl (C=O) groups excluding carboxylic acids is 1. The molecule has 0 spiro atoms. The Morgan fingerprint density at radius 2 is 2.15 bits per heavy atom. The second-order valence-corrected chi connectivity index (χ2v) is 5.18. The van der Waals surface area contributed by atoms with Crippen LogP contribution in [0.2, 0.25) is 0 Å². The Morgan fingerprint density at radius 1 is 1.45 bits per heavy atom. The molecule has 0 unspecified atom stereocenters. The van der Waals surface area contributed by atoms with Gasteiger partial charge in [0.25, 0.3) is 0 Å². The molecule has 1 aromatic heterocycles. The Morgan fingerprint density at radius 3 is 2.65 bits per heavy atom. The van der Waals surface area contributed by atoms with Gasteiger partial charge in [0.2, 0.25) is 0 Å². The van der Waals surface area contributed by atoms with Gasteiger partial charge in [-0.1, -0.05) is 0 Å². The molecule has 0 fully saturated rings. The number of nitrogen functional groups attached to an aromatic ring is 1. The topological polar surface area (TPSA) is 70.1 Å². The number of nitrogens with two attached hydrogens (primary N) is 1. The predicted octanol–water partition coefficient (Wildman–Crippen LogP) is 3.01. The minimum Gasteiger partial charge on any atom is -0.462 e. The first-order valence-electron chi connectivity index (χ1n) is 6.24. The van der Waals surface area contributed by atoms with E-state index >= 15 is 0 Å². The number of hydrogen-bond donors (Lipinski definition) is 1. The first kappa shape index (κ1) is 14.6. The molecule has 2 aromatic rings. The molecule has 0 atom stereocenters. The number of aromatic nitrogens is 2. The number of halogens is 1. The largest absolute Gasteiger partial charge is 0.462 e. The Hall–Kier alpha value is -1.82. The van der Waals surface area contributed by atoms with Crippen molar-refractivity contribution < 1.29 is 9.53 Å². The van der Waals surface area contributed by atoms with Gasteiger partial charge in [-0.3, -0.25) is 0 Å². The lowest BCUT2D eigenvalue weighted by atomic mass is 10.1. The van der Waals surface area contributed by atoms with Crippen LogP contribution in [0.4, 0.5) is 5.69 Å². The Labute approximate surface area is 125 Å².